The summed E-state index contributed by atoms with van der Waals surface area (Å²) in [6, 6.07) is 0. The Morgan fingerprint density at radius 1 is 0.541 bits per heavy atom. The van der Waals surface area contributed by atoms with Gasteiger partial charge in [0.2, 0.25) is 35.8 Å². The summed E-state index contributed by atoms with van der Waals surface area (Å²) in [5.41, 5.74) is 0. The van der Waals surface area contributed by atoms with Crippen molar-refractivity contribution in [3.63, 3.8) is 0 Å². The minimum absolute atomic E-state index is 0. The zero-order valence-corrected chi connectivity index (χ0v) is 21.5. The van der Waals surface area contributed by atoms with Gasteiger partial charge in [0, 0.05) is 0 Å². The van der Waals surface area contributed by atoms with Gasteiger partial charge in [-0.2, -0.15) is 0 Å². The molecule has 0 bridgehead atoms. The van der Waals surface area contributed by atoms with Crippen LogP contribution in [0.4, 0.5) is 0 Å². The fourth-order valence-electron chi connectivity index (χ4n) is 1.69. The molecule has 14 nitrogen and oxygen atoms in total. The van der Waals surface area contributed by atoms with E-state index in [2.05, 4.69) is 19.9 Å². The van der Waals surface area contributed by atoms with Crippen LogP contribution < -0.4 is 30.4 Å². The van der Waals surface area contributed by atoms with Crippen LogP contribution in [0.5, 0.6) is 0 Å². The molecule has 2 aliphatic rings. The van der Waals surface area contributed by atoms with E-state index < -0.39 is 66.3 Å². The normalized spacial score (nSPS) is 14.6. The van der Waals surface area contributed by atoms with E-state index in [1.807, 2.05) is 24.8 Å². The number of aromatic amines is 4. The van der Waals surface area contributed by atoms with Crippen LogP contribution in [0.2, 0.25) is 0 Å². The van der Waals surface area contributed by atoms with Gasteiger partial charge in [-0.1, -0.05) is 69.4 Å². The third-order valence-electron chi connectivity index (χ3n) is 3.30. The molecule has 2 aromatic heterocycles. The molecule has 0 atom stereocenters. The molecule has 1 radical (unpaired) electrons. The SMILES string of the molecule is O.O.O=C1C(=O)C(Cl)=C([O-])C([O-])=C1Cl.O=C1C(=O)C(Cl)=C([O-])C([O-])=C1Cl.[Cu+2].c1c[nH+]c[nH]1.c1c[nH+]c[nH]1. The number of H-pyrrole nitrogens is 4. The molecular weight excluding hydrogens is 638 g/mol. The van der Waals surface area contributed by atoms with E-state index in [0.717, 1.165) is 0 Å². The van der Waals surface area contributed by atoms with Crippen molar-refractivity contribution in [3.8, 4) is 0 Å². The maximum absolute atomic E-state index is 10.7. The summed E-state index contributed by atoms with van der Waals surface area (Å²) >= 11 is 20.3. The van der Waals surface area contributed by atoms with E-state index in [4.69, 9.17) is 46.4 Å². The number of imidazole rings is 2. The fraction of sp³-hybridized carbons (Fsp3) is 0. The third kappa shape index (κ3) is 10.4. The van der Waals surface area contributed by atoms with Crippen molar-refractivity contribution in [1.82, 2.24) is 9.97 Å². The van der Waals surface area contributed by atoms with Crippen LogP contribution in [0.15, 0.2) is 80.6 Å². The van der Waals surface area contributed by atoms with Gasteiger partial charge in [0.15, 0.2) is 0 Å². The van der Waals surface area contributed by atoms with Gasteiger partial charge in [0.1, 0.15) is 24.8 Å². The molecule has 205 valence electrons. The molecular formula is C18H14Cl4CuN4O10. The number of allylic oxidation sites excluding steroid dienone is 4. The van der Waals surface area contributed by atoms with Crippen molar-refractivity contribution in [3.05, 3.63) is 80.6 Å². The van der Waals surface area contributed by atoms with Crippen LogP contribution in [-0.4, -0.2) is 44.1 Å². The maximum Gasteiger partial charge on any atom is 2.00 e. The Morgan fingerprint density at radius 2 is 0.757 bits per heavy atom. The molecule has 2 heterocycles. The first kappa shape index (κ1) is 38.4. The maximum atomic E-state index is 10.7. The minimum atomic E-state index is -1.23. The van der Waals surface area contributed by atoms with Crippen molar-refractivity contribution in [1.29, 1.82) is 0 Å². The Balaban J connectivity index is -0.000000433. The number of rotatable bonds is 0. The first-order valence-electron chi connectivity index (χ1n) is 8.36. The van der Waals surface area contributed by atoms with Gasteiger partial charge in [0.25, 0.3) is 0 Å². The molecule has 2 aliphatic carbocycles. The van der Waals surface area contributed by atoms with Crippen molar-refractivity contribution >= 4 is 69.5 Å². The summed E-state index contributed by atoms with van der Waals surface area (Å²) < 4.78 is 0. The van der Waals surface area contributed by atoms with Gasteiger partial charge in [-0.05, 0) is 0 Å². The molecule has 37 heavy (non-hydrogen) atoms. The van der Waals surface area contributed by atoms with Gasteiger partial charge < -0.3 is 31.4 Å². The molecule has 0 amide bonds. The Kier molecular flexibility index (Phi) is 18.8. The average molecular weight is 652 g/mol. The first-order chi connectivity index (χ1) is 15.9. The van der Waals surface area contributed by atoms with Gasteiger partial charge >= 0.3 is 17.1 Å². The number of ketones is 4. The van der Waals surface area contributed by atoms with Gasteiger partial charge in [-0.3, -0.25) is 39.1 Å². The summed E-state index contributed by atoms with van der Waals surface area (Å²) in [5, 5.41) is 39.2. The topological polar surface area (TPSA) is 283 Å². The molecule has 0 aliphatic heterocycles. The number of carbonyl (C=O) groups is 4. The molecule has 0 fully saturated rings. The second-order valence-electron chi connectivity index (χ2n) is 5.51. The standard InChI is InChI=1S/2C6H2Cl2O4.2C3H4N2.Cu.2H2O/c2*7-1-3(9)5(11)2(8)6(12)4(1)10;2*1-2-5-3-4-1;;;/h2*9,11H;2*1-3H,(H,4,5);;2*1H2/q;;;;+2;;/p-2. The van der Waals surface area contributed by atoms with Gasteiger partial charge in [-0.25, -0.2) is 0 Å². The van der Waals surface area contributed by atoms with Crippen molar-refractivity contribution in [2.75, 3.05) is 0 Å². The molecule has 4 rings (SSSR count). The van der Waals surface area contributed by atoms with E-state index in [9.17, 15) is 39.6 Å². The fourth-order valence-corrected chi connectivity index (χ4v) is 2.38. The van der Waals surface area contributed by atoms with E-state index in [0.29, 0.717) is 0 Å². The van der Waals surface area contributed by atoms with E-state index in [1.54, 1.807) is 12.7 Å². The third-order valence-corrected chi connectivity index (χ3v) is 4.68. The molecule has 2 aromatic rings. The Bertz CT molecular complexity index is 982. The average Bonchev–Trinajstić information content (AvgIpc) is 3.61. The summed E-state index contributed by atoms with van der Waals surface area (Å²) in [6.45, 7) is 0. The Morgan fingerprint density at radius 3 is 0.865 bits per heavy atom. The van der Waals surface area contributed by atoms with Crippen molar-refractivity contribution in [2.45, 2.75) is 0 Å². The Hall–Kier alpha value is -3.14. The predicted molar refractivity (Wildman–Crippen MR) is 113 cm³/mol. The summed E-state index contributed by atoms with van der Waals surface area (Å²) in [4.78, 5) is 54.0. The number of nitrogens with one attached hydrogen (secondary N) is 4. The smallest absolute Gasteiger partial charge is 0.872 e. The minimum Gasteiger partial charge on any atom is -0.872 e. The number of hydrogen-bond donors (Lipinski definition) is 2. The molecule has 8 N–H and O–H groups in total. The zero-order chi connectivity index (χ0) is 26.0. The number of aromatic nitrogens is 4. The van der Waals surface area contributed by atoms with E-state index in [1.165, 1.54) is 0 Å². The number of hydrogen-bond acceptors (Lipinski definition) is 8. The number of carbonyl (C=O) groups excluding carboxylic acids is 4. The van der Waals surface area contributed by atoms with Crippen molar-refractivity contribution in [2.24, 2.45) is 0 Å². The molecule has 19 heteroatoms. The summed E-state index contributed by atoms with van der Waals surface area (Å²) in [5.74, 6) is -9.84. The van der Waals surface area contributed by atoms with Gasteiger partial charge in [0.05, 0.1) is 20.1 Å². The molecule has 0 saturated heterocycles. The van der Waals surface area contributed by atoms with Gasteiger partial charge in [-0.15, -0.1) is 0 Å². The van der Waals surface area contributed by atoms with Crippen LogP contribution in [0.3, 0.4) is 0 Å². The molecule has 0 unspecified atom stereocenters. The van der Waals surface area contributed by atoms with Crippen LogP contribution in [0.25, 0.3) is 0 Å². The van der Waals surface area contributed by atoms with Crippen LogP contribution in [0, 0.1) is 0 Å². The summed E-state index contributed by atoms with van der Waals surface area (Å²) in [7, 11) is 0. The summed E-state index contributed by atoms with van der Waals surface area (Å²) in [6.07, 6.45) is 10.8. The predicted octanol–water partition coefficient (Wildman–Crippen LogP) is -4.48. The first-order valence-corrected chi connectivity index (χ1v) is 9.88. The largest absolute Gasteiger partial charge is 2.00 e. The van der Waals surface area contributed by atoms with Crippen LogP contribution in [0.1, 0.15) is 0 Å². The second kappa shape index (κ2) is 18.2. The quantitative estimate of drug-likeness (QED) is 0.159. The second-order valence-corrected chi connectivity index (χ2v) is 7.02. The monoisotopic (exact) mass is 649 g/mol. The molecule has 0 saturated carbocycles. The van der Waals surface area contributed by atoms with E-state index >= 15 is 0 Å². The van der Waals surface area contributed by atoms with E-state index in [-0.39, 0.29) is 28.0 Å². The van der Waals surface area contributed by atoms with Crippen LogP contribution >= 0.6 is 46.4 Å². The number of halogens is 4. The Labute approximate surface area is 237 Å². The van der Waals surface area contributed by atoms with Crippen molar-refractivity contribution < 1.29 is 77.6 Å². The zero-order valence-electron chi connectivity index (χ0n) is 17.5. The molecule has 0 aromatic carbocycles. The molecule has 0 spiro atoms. The van der Waals surface area contributed by atoms with Crippen LogP contribution in [-0.2, 0) is 36.2 Å². The number of Topliss-reactive ketones (excluding diaryl/α,β-unsaturated/α-hetero) is 4.